The van der Waals surface area contributed by atoms with Gasteiger partial charge in [-0.1, -0.05) is 472 Å². The molecule has 1 aliphatic rings. The van der Waals surface area contributed by atoms with E-state index in [1.165, 1.54) is 443 Å². The van der Waals surface area contributed by atoms with Gasteiger partial charge < -0.3 is 9.84 Å². The minimum Gasteiger partial charge on any atom is -0.393 e. The van der Waals surface area contributed by atoms with Crippen LogP contribution < -0.4 is 0 Å². The fourth-order valence-electron chi connectivity index (χ4n) is 15.8. The van der Waals surface area contributed by atoms with Crippen LogP contribution in [-0.4, -0.2) is 24.4 Å². The molecule has 0 aliphatic heterocycles. The van der Waals surface area contributed by atoms with Crippen LogP contribution in [-0.2, 0) is 4.74 Å². The first kappa shape index (κ1) is 85.9. The molecule has 1 N–H and O–H groups in total. The summed E-state index contributed by atoms with van der Waals surface area (Å²) in [6.07, 6.45) is 104. The third-order valence-electron chi connectivity index (χ3n) is 22.4. The van der Waals surface area contributed by atoms with E-state index in [-0.39, 0.29) is 11.5 Å². The van der Waals surface area contributed by atoms with Gasteiger partial charge in [-0.15, -0.1) is 0 Å². The molecule has 6 atom stereocenters. The van der Waals surface area contributed by atoms with E-state index in [9.17, 15) is 5.11 Å². The van der Waals surface area contributed by atoms with E-state index in [1.54, 1.807) is 12.8 Å². The number of unbranched alkanes of at least 4 members (excludes halogenated alkanes) is 61. The number of rotatable bonds is 76. The number of methoxy groups -OCH3 is 1. The fraction of sp³-hybridized carbons (Fsp3) is 1.00. The normalized spacial score (nSPS) is 15.8. The van der Waals surface area contributed by atoms with Crippen molar-refractivity contribution in [1.82, 2.24) is 0 Å². The van der Waals surface area contributed by atoms with Crippen molar-refractivity contribution >= 4 is 0 Å². The molecule has 1 fully saturated rings. The Balaban J connectivity index is 1.79. The SMILES string of the molecule is CCCCCCCCCCCCCCCCCCCCCC[C@H]([C@H](O)CCCCCCCCCCCCCCCCC[C@@H]1CC1CCCCCCCCCCCCCCCC[C@@H](OC)[C@@H](C)CCCCCCCCCCCCCCCCCC)C(C)(C)C. The van der Waals surface area contributed by atoms with Gasteiger partial charge in [0.2, 0.25) is 0 Å². The predicted molar refractivity (Wildman–Crippen MR) is 400 cm³/mol. The van der Waals surface area contributed by atoms with Gasteiger partial charge in [-0.2, -0.15) is 0 Å². The lowest BCUT2D eigenvalue weighted by Gasteiger charge is -2.35. The topological polar surface area (TPSA) is 29.5 Å². The molecule has 2 nitrogen and oxygen atoms in total. The molecule has 0 aromatic rings. The fourth-order valence-corrected chi connectivity index (χ4v) is 15.8. The van der Waals surface area contributed by atoms with Crippen LogP contribution in [0.15, 0.2) is 0 Å². The lowest BCUT2D eigenvalue weighted by atomic mass is 9.73. The Morgan fingerprint density at radius 3 is 0.727 bits per heavy atom. The van der Waals surface area contributed by atoms with Gasteiger partial charge in [-0.05, 0) is 61.2 Å². The average molecular weight is 1240 g/mol. The summed E-state index contributed by atoms with van der Waals surface area (Å²) in [5, 5.41) is 11.3. The van der Waals surface area contributed by atoms with Crippen LogP contribution in [0.5, 0.6) is 0 Å². The molecule has 0 heterocycles. The van der Waals surface area contributed by atoms with Crippen LogP contribution in [0.25, 0.3) is 0 Å². The Labute approximate surface area is 559 Å². The highest BCUT2D eigenvalue weighted by Crippen LogP contribution is 2.46. The smallest absolute Gasteiger partial charge is 0.0596 e. The molecule has 1 rings (SSSR count). The Morgan fingerprint density at radius 2 is 0.489 bits per heavy atom. The summed E-state index contributed by atoms with van der Waals surface area (Å²) in [5.41, 5.74) is 0.202. The molecule has 0 radical (unpaired) electrons. The summed E-state index contributed by atoms with van der Waals surface area (Å²) < 4.78 is 5.99. The Morgan fingerprint density at radius 1 is 0.284 bits per heavy atom. The zero-order valence-electron chi connectivity index (χ0n) is 62.7. The third-order valence-corrected chi connectivity index (χ3v) is 22.4. The summed E-state index contributed by atoms with van der Waals surface area (Å²) in [7, 11) is 1.96. The second kappa shape index (κ2) is 68.3. The van der Waals surface area contributed by atoms with Crippen LogP contribution in [0.2, 0.25) is 0 Å². The van der Waals surface area contributed by atoms with E-state index < -0.39 is 0 Å². The maximum absolute atomic E-state index is 11.3. The molecule has 0 aromatic heterocycles. The molecule has 2 heteroatoms. The molecule has 1 unspecified atom stereocenters. The monoisotopic (exact) mass is 1240 g/mol. The maximum atomic E-state index is 11.3. The predicted octanol–water partition coefficient (Wildman–Crippen LogP) is 31.0. The summed E-state index contributed by atoms with van der Waals surface area (Å²) in [6.45, 7) is 14.2. The summed E-state index contributed by atoms with van der Waals surface area (Å²) in [5.74, 6) is 3.37. The van der Waals surface area contributed by atoms with Crippen LogP contribution in [0.4, 0.5) is 0 Å². The average Bonchev–Trinajstić information content (AvgIpc) is 4.37. The Kier molecular flexibility index (Phi) is 66.7. The molecule has 0 amide bonds. The van der Waals surface area contributed by atoms with Gasteiger partial charge in [0.15, 0.2) is 0 Å². The lowest BCUT2D eigenvalue weighted by molar-refractivity contribution is 0.0279. The summed E-state index contributed by atoms with van der Waals surface area (Å²) in [4.78, 5) is 0. The van der Waals surface area contributed by atoms with Crippen LogP contribution in [0.1, 0.15) is 504 Å². The first-order valence-electron chi connectivity index (χ1n) is 42.4. The largest absolute Gasteiger partial charge is 0.393 e. The van der Waals surface area contributed by atoms with Gasteiger partial charge in [-0.25, -0.2) is 0 Å². The molecule has 1 saturated carbocycles. The molecule has 0 aromatic carbocycles. The van der Waals surface area contributed by atoms with Crippen LogP contribution in [0, 0.1) is 29.1 Å². The van der Waals surface area contributed by atoms with Crippen LogP contribution in [0.3, 0.4) is 0 Å². The zero-order valence-corrected chi connectivity index (χ0v) is 62.7. The number of hydrogen-bond donors (Lipinski definition) is 1. The van der Waals surface area contributed by atoms with E-state index in [0.717, 1.165) is 24.2 Å². The van der Waals surface area contributed by atoms with Crippen molar-refractivity contribution in [2.24, 2.45) is 29.1 Å². The van der Waals surface area contributed by atoms with E-state index in [4.69, 9.17) is 4.74 Å². The highest BCUT2D eigenvalue weighted by Gasteiger charge is 2.35. The minimum absolute atomic E-state index is 0.115. The van der Waals surface area contributed by atoms with Gasteiger partial charge in [-0.3, -0.25) is 0 Å². The molecule has 528 valence electrons. The molecule has 88 heavy (non-hydrogen) atoms. The molecular formula is C86H172O2. The van der Waals surface area contributed by atoms with Gasteiger partial charge in [0.25, 0.3) is 0 Å². The van der Waals surface area contributed by atoms with Gasteiger partial charge in [0.1, 0.15) is 0 Å². The van der Waals surface area contributed by atoms with Gasteiger partial charge in [0.05, 0.1) is 12.2 Å². The number of aliphatic hydroxyl groups is 1. The highest BCUT2D eigenvalue weighted by atomic mass is 16.5. The number of ether oxygens (including phenoxy) is 1. The zero-order chi connectivity index (χ0) is 63.6. The van der Waals surface area contributed by atoms with Crippen molar-refractivity contribution in [3.05, 3.63) is 0 Å². The minimum atomic E-state index is -0.115. The number of hydrogen-bond acceptors (Lipinski definition) is 2. The molecule has 0 saturated heterocycles. The first-order valence-corrected chi connectivity index (χ1v) is 42.4. The van der Waals surface area contributed by atoms with E-state index in [0.29, 0.717) is 12.0 Å². The Bertz CT molecular complexity index is 1280. The standard InChI is InChI=1S/C86H172O2/c1-8-10-12-14-16-18-20-22-24-26-27-28-29-33-40-46-52-58-64-70-76-83(86(4,5)6)84(87)77-71-65-59-53-47-41-34-30-32-38-44-50-56-62-68-74-81-79-82(81)75-69-63-57-51-45-39-35-36-42-48-54-60-66-72-78-85(88-7)80(3)73-67-61-55-49-43-37-31-25-23-21-19-17-15-13-11-9-2/h80-85,87H,8-79H2,1-7H3/t80-,81+,82?,83+,84+,85+/m0/s1. The van der Waals surface area contributed by atoms with E-state index in [1.807, 2.05) is 7.11 Å². The molecule has 0 bridgehead atoms. The molecular weight excluding hydrogens is 1060 g/mol. The second-order valence-corrected chi connectivity index (χ2v) is 32.1. The van der Waals surface area contributed by atoms with E-state index >= 15 is 0 Å². The maximum Gasteiger partial charge on any atom is 0.0596 e. The van der Waals surface area contributed by atoms with Crippen molar-refractivity contribution < 1.29 is 9.84 Å². The Hall–Kier alpha value is -0.0800. The van der Waals surface area contributed by atoms with Crippen molar-refractivity contribution in [2.75, 3.05) is 7.11 Å². The van der Waals surface area contributed by atoms with Crippen molar-refractivity contribution in [3.8, 4) is 0 Å². The van der Waals surface area contributed by atoms with Crippen LogP contribution >= 0.6 is 0 Å². The molecule has 0 spiro atoms. The van der Waals surface area contributed by atoms with E-state index in [2.05, 4.69) is 41.5 Å². The van der Waals surface area contributed by atoms with Gasteiger partial charge >= 0.3 is 0 Å². The van der Waals surface area contributed by atoms with Crippen molar-refractivity contribution in [3.63, 3.8) is 0 Å². The van der Waals surface area contributed by atoms with Gasteiger partial charge in [0, 0.05) is 7.11 Å². The van der Waals surface area contributed by atoms with Crippen molar-refractivity contribution in [2.45, 2.75) is 516 Å². The second-order valence-electron chi connectivity index (χ2n) is 32.1. The highest BCUT2D eigenvalue weighted by molar-refractivity contribution is 4.86. The first-order chi connectivity index (χ1) is 43.2. The third kappa shape index (κ3) is 60.8. The quantitative estimate of drug-likeness (QED) is 0.0615. The molecule has 1 aliphatic carbocycles. The van der Waals surface area contributed by atoms with Crippen molar-refractivity contribution in [1.29, 1.82) is 0 Å². The number of aliphatic hydroxyl groups excluding tert-OH is 1. The summed E-state index contributed by atoms with van der Waals surface area (Å²) in [6, 6.07) is 0. The summed E-state index contributed by atoms with van der Waals surface area (Å²) >= 11 is 0. The lowest BCUT2D eigenvalue weighted by Crippen LogP contribution is -2.32.